The van der Waals surface area contributed by atoms with E-state index in [2.05, 4.69) is 11.1 Å². The fourth-order valence-corrected chi connectivity index (χ4v) is 2.45. The summed E-state index contributed by atoms with van der Waals surface area (Å²) in [6, 6.07) is 2.07. The molecule has 0 saturated carbocycles. The zero-order valence-electron chi connectivity index (χ0n) is 6.57. The van der Waals surface area contributed by atoms with E-state index >= 15 is 0 Å². The summed E-state index contributed by atoms with van der Waals surface area (Å²) in [5.41, 5.74) is 6.78. The molecular weight excluding hydrogens is 202 g/mol. The van der Waals surface area contributed by atoms with Gasteiger partial charge in [0.2, 0.25) is 0 Å². The Morgan fingerprint density at radius 3 is 3.15 bits per heavy atom. The van der Waals surface area contributed by atoms with Gasteiger partial charge in [0.05, 0.1) is 11.3 Å². The van der Waals surface area contributed by atoms with Gasteiger partial charge in [0.1, 0.15) is 6.07 Å². The van der Waals surface area contributed by atoms with E-state index in [4.69, 9.17) is 23.2 Å². The van der Waals surface area contributed by atoms with Crippen molar-refractivity contribution in [1.29, 1.82) is 5.26 Å². The van der Waals surface area contributed by atoms with Crippen molar-refractivity contribution < 1.29 is 0 Å². The zero-order chi connectivity index (χ0) is 9.42. The first-order valence-corrected chi connectivity index (χ1v) is 4.83. The van der Waals surface area contributed by atoms with Gasteiger partial charge in [-0.05, 0) is 6.08 Å². The Bertz CT molecular complexity index is 450. The molecule has 1 aliphatic carbocycles. The second kappa shape index (κ2) is 2.91. The lowest BCUT2D eigenvalue weighted by molar-refractivity contribution is 1.28. The first-order chi connectivity index (χ1) is 6.20. The normalized spacial score (nSPS) is 14.7. The van der Waals surface area contributed by atoms with Crippen LogP contribution in [-0.4, -0.2) is 9.85 Å². The highest BCUT2D eigenvalue weighted by Gasteiger charge is 2.19. The van der Waals surface area contributed by atoms with Crippen LogP contribution in [0.1, 0.15) is 10.6 Å². The number of hydrogen-bond acceptors (Lipinski definition) is 5. The van der Waals surface area contributed by atoms with Gasteiger partial charge in [0.25, 0.3) is 0 Å². The highest BCUT2D eigenvalue weighted by Crippen LogP contribution is 2.30. The molecule has 1 heterocycles. The molecule has 2 N–H and O–H groups in total. The highest BCUT2D eigenvalue weighted by atomic mass is 32.1. The minimum atomic E-state index is 0.496. The molecule has 5 heteroatoms. The van der Waals surface area contributed by atoms with Gasteiger partial charge < -0.3 is 5.73 Å². The van der Waals surface area contributed by atoms with Gasteiger partial charge in [0, 0.05) is 16.2 Å². The van der Waals surface area contributed by atoms with Crippen LogP contribution >= 0.6 is 23.6 Å². The van der Waals surface area contributed by atoms with Gasteiger partial charge >= 0.3 is 0 Å². The Morgan fingerprint density at radius 2 is 2.46 bits per heavy atom. The molecular formula is C8H5N3S2. The first kappa shape index (κ1) is 8.35. The fourth-order valence-electron chi connectivity index (χ4n) is 1.22. The standard InChI is InChI=1S/C8H5N3S2/c9-3-4-1-5(12)2-6-7(4)11-8(10)13-6/h1H,2H2,(H2,10,11). The van der Waals surface area contributed by atoms with Crippen LogP contribution in [-0.2, 0) is 6.42 Å². The van der Waals surface area contributed by atoms with Crippen LogP contribution in [0.15, 0.2) is 6.08 Å². The lowest BCUT2D eigenvalue weighted by Gasteiger charge is -2.05. The molecule has 0 amide bonds. The lowest BCUT2D eigenvalue weighted by Crippen LogP contribution is -2.04. The molecule has 0 radical (unpaired) electrons. The van der Waals surface area contributed by atoms with E-state index in [1.54, 1.807) is 6.08 Å². The first-order valence-electron chi connectivity index (χ1n) is 3.61. The van der Waals surface area contributed by atoms with Crippen molar-refractivity contribution in [2.75, 3.05) is 5.73 Å². The Hall–Kier alpha value is -1.25. The smallest absolute Gasteiger partial charge is 0.180 e. The second-order valence-corrected chi connectivity index (χ2v) is 4.28. The van der Waals surface area contributed by atoms with E-state index in [9.17, 15) is 0 Å². The number of thiocarbonyl (C=S) groups is 1. The van der Waals surface area contributed by atoms with Crippen LogP contribution in [0.25, 0.3) is 5.57 Å². The van der Waals surface area contributed by atoms with Crippen LogP contribution in [0.2, 0.25) is 0 Å². The van der Waals surface area contributed by atoms with Gasteiger partial charge in [0.15, 0.2) is 5.13 Å². The molecule has 0 fully saturated rings. The maximum Gasteiger partial charge on any atom is 0.180 e. The van der Waals surface area contributed by atoms with E-state index in [0.29, 0.717) is 22.8 Å². The van der Waals surface area contributed by atoms with Gasteiger partial charge in [-0.25, -0.2) is 4.98 Å². The summed E-state index contributed by atoms with van der Waals surface area (Å²) in [6.07, 6.45) is 2.38. The number of rotatable bonds is 0. The number of anilines is 1. The number of nitrogens with two attached hydrogens (primary N) is 1. The summed E-state index contributed by atoms with van der Waals surface area (Å²) in [5, 5.41) is 9.31. The molecule has 13 heavy (non-hydrogen) atoms. The number of nitriles is 1. The summed E-state index contributed by atoms with van der Waals surface area (Å²) in [4.78, 5) is 5.86. The Morgan fingerprint density at radius 1 is 1.69 bits per heavy atom. The monoisotopic (exact) mass is 207 g/mol. The number of nitrogen functional groups attached to an aromatic ring is 1. The van der Waals surface area contributed by atoms with E-state index in [0.717, 1.165) is 9.74 Å². The molecule has 0 aromatic carbocycles. The summed E-state index contributed by atoms with van der Waals surface area (Å²) in [7, 11) is 0. The molecule has 1 aliphatic rings. The number of hydrogen-bond donors (Lipinski definition) is 1. The Labute approximate surface area is 84.5 Å². The maximum absolute atomic E-state index is 8.81. The number of aromatic nitrogens is 1. The van der Waals surface area contributed by atoms with Crippen molar-refractivity contribution >= 4 is 39.1 Å². The van der Waals surface area contributed by atoms with E-state index in [1.165, 1.54) is 11.3 Å². The number of nitrogens with zero attached hydrogens (tertiary/aromatic N) is 2. The average molecular weight is 207 g/mol. The molecule has 0 atom stereocenters. The predicted molar refractivity (Wildman–Crippen MR) is 56.4 cm³/mol. The van der Waals surface area contributed by atoms with Crippen molar-refractivity contribution in [3.63, 3.8) is 0 Å². The third-order valence-electron chi connectivity index (χ3n) is 1.73. The lowest BCUT2D eigenvalue weighted by atomic mass is 10.0. The summed E-state index contributed by atoms with van der Waals surface area (Å²) in [5.74, 6) is 0. The molecule has 0 spiro atoms. The largest absolute Gasteiger partial charge is 0.375 e. The summed E-state index contributed by atoms with van der Waals surface area (Å²) >= 11 is 6.45. The van der Waals surface area contributed by atoms with Crippen LogP contribution in [0.5, 0.6) is 0 Å². The van der Waals surface area contributed by atoms with Crippen molar-refractivity contribution in [1.82, 2.24) is 4.98 Å². The summed E-state index contributed by atoms with van der Waals surface area (Å²) < 4.78 is 0. The van der Waals surface area contributed by atoms with Crippen LogP contribution in [0, 0.1) is 11.3 Å². The van der Waals surface area contributed by atoms with Crippen molar-refractivity contribution in [3.05, 3.63) is 16.6 Å². The van der Waals surface area contributed by atoms with Crippen molar-refractivity contribution in [2.45, 2.75) is 6.42 Å². The van der Waals surface area contributed by atoms with Crippen LogP contribution in [0.3, 0.4) is 0 Å². The van der Waals surface area contributed by atoms with E-state index in [1.807, 2.05) is 0 Å². The SMILES string of the molecule is N#CC1=CC(=S)Cc2sc(N)nc21. The van der Waals surface area contributed by atoms with Crippen LogP contribution < -0.4 is 5.73 Å². The number of fused-ring (bicyclic) bond motifs is 1. The topological polar surface area (TPSA) is 62.7 Å². The van der Waals surface area contributed by atoms with Crippen molar-refractivity contribution in [3.8, 4) is 6.07 Å². The average Bonchev–Trinajstić information content (AvgIpc) is 2.43. The fraction of sp³-hybridized carbons (Fsp3) is 0.125. The van der Waals surface area contributed by atoms with Gasteiger partial charge in [-0.2, -0.15) is 5.26 Å². The predicted octanol–water partition coefficient (Wildman–Crippen LogP) is 1.56. The minimum absolute atomic E-state index is 0.496. The quantitative estimate of drug-likeness (QED) is 0.656. The third-order valence-corrected chi connectivity index (χ3v) is 2.88. The molecule has 0 saturated heterocycles. The third kappa shape index (κ3) is 1.34. The molecule has 0 bridgehead atoms. The van der Waals surface area contributed by atoms with E-state index in [-0.39, 0.29) is 0 Å². The molecule has 0 unspecified atom stereocenters. The molecule has 3 nitrogen and oxygen atoms in total. The number of thiazole rings is 1. The van der Waals surface area contributed by atoms with E-state index < -0.39 is 0 Å². The molecule has 0 aliphatic heterocycles. The molecule has 64 valence electrons. The van der Waals surface area contributed by atoms with Crippen LogP contribution in [0.4, 0.5) is 5.13 Å². The van der Waals surface area contributed by atoms with Gasteiger partial charge in [-0.15, -0.1) is 11.3 Å². The minimum Gasteiger partial charge on any atom is -0.375 e. The second-order valence-electron chi connectivity index (χ2n) is 2.64. The zero-order valence-corrected chi connectivity index (χ0v) is 8.21. The number of allylic oxidation sites excluding steroid dienone is 2. The molecule has 2 rings (SSSR count). The van der Waals surface area contributed by atoms with Crippen molar-refractivity contribution in [2.24, 2.45) is 0 Å². The van der Waals surface area contributed by atoms with Gasteiger partial charge in [-0.3, -0.25) is 0 Å². The Balaban J connectivity index is 2.62. The van der Waals surface area contributed by atoms with Gasteiger partial charge in [-0.1, -0.05) is 12.2 Å². The molecule has 1 aromatic rings. The highest BCUT2D eigenvalue weighted by molar-refractivity contribution is 7.80. The Kier molecular flexibility index (Phi) is 1.87. The molecule has 1 aromatic heterocycles. The maximum atomic E-state index is 8.81. The summed E-state index contributed by atoms with van der Waals surface area (Å²) in [6.45, 7) is 0.